The minimum atomic E-state index is 0.410. The predicted octanol–water partition coefficient (Wildman–Crippen LogP) is 2.21. The standard InChI is InChI=1S/C15H23N5/c1-6-16-9-10(2)14-11(3)17-15(18-12(14)4)13-7-8-20(5)19-13/h7-8,10,16H,6,9H2,1-5H3. The first-order valence-electron chi connectivity index (χ1n) is 7.08. The van der Waals surface area contributed by atoms with Crippen LogP contribution in [0.3, 0.4) is 0 Å². The van der Waals surface area contributed by atoms with Crippen molar-refractivity contribution in [2.45, 2.75) is 33.6 Å². The monoisotopic (exact) mass is 273 g/mol. The summed E-state index contributed by atoms with van der Waals surface area (Å²) in [7, 11) is 1.90. The van der Waals surface area contributed by atoms with Crippen molar-refractivity contribution in [3.8, 4) is 11.5 Å². The number of aryl methyl sites for hydroxylation is 3. The molecule has 1 N–H and O–H groups in total. The molecule has 0 spiro atoms. The molecule has 2 aromatic heterocycles. The summed E-state index contributed by atoms with van der Waals surface area (Å²) in [5, 5.41) is 7.75. The number of hydrogen-bond donors (Lipinski definition) is 1. The van der Waals surface area contributed by atoms with E-state index in [0.29, 0.717) is 11.7 Å². The van der Waals surface area contributed by atoms with Crippen LogP contribution in [0.5, 0.6) is 0 Å². The largest absolute Gasteiger partial charge is 0.316 e. The van der Waals surface area contributed by atoms with Gasteiger partial charge in [-0.3, -0.25) is 4.68 Å². The molecule has 0 fully saturated rings. The van der Waals surface area contributed by atoms with Crippen LogP contribution in [0.2, 0.25) is 0 Å². The van der Waals surface area contributed by atoms with Gasteiger partial charge in [0.25, 0.3) is 0 Å². The number of hydrogen-bond acceptors (Lipinski definition) is 4. The summed E-state index contributed by atoms with van der Waals surface area (Å²) in [6.07, 6.45) is 1.91. The van der Waals surface area contributed by atoms with Crippen molar-refractivity contribution in [1.29, 1.82) is 0 Å². The average Bonchev–Trinajstić information content (AvgIpc) is 2.82. The summed E-state index contributed by atoms with van der Waals surface area (Å²) in [6.45, 7) is 10.4. The van der Waals surface area contributed by atoms with Gasteiger partial charge >= 0.3 is 0 Å². The third kappa shape index (κ3) is 3.04. The molecule has 2 aromatic rings. The molecule has 0 aliphatic carbocycles. The first kappa shape index (κ1) is 14.7. The lowest BCUT2D eigenvalue weighted by Crippen LogP contribution is -2.21. The summed E-state index contributed by atoms with van der Waals surface area (Å²) in [5.74, 6) is 1.12. The Morgan fingerprint density at radius 3 is 2.40 bits per heavy atom. The number of likely N-dealkylation sites (N-methyl/N-ethyl adjacent to an activating group) is 1. The SMILES string of the molecule is CCNCC(C)c1c(C)nc(-c2ccn(C)n2)nc1C. The number of nitrogens with one attached hydrogen (secondary N) is 1. The van der Waals surface area contributed by atoms with Crippen molar-refractivity contribution in [2.24, 2.45) is 7.05 Å². The number of nitrogens with zero attached hydrogens (tertiary/aromatic N) is 4. The Balaban J connectivity index is 2.33. The third-order valence-electron chi connectivity index (χ3n) is 3.46. The highest BCUT2D eigenvalue weighted by Gasteiger charge is 2.16. The molecule has 1 unspecified atom stereocenters. The Labute approximate surface area is 120 Å². The molecule has 20 heavy (non-hydrogen) atoms. The molecule has 0 aliphatic rings. The summed E-state index contributed by atoms with van der Waals surface area (Å²) < 4.78 is 1.77. The predicted molar refractivity (Wildman–Crippen MR) is 80.7 cm³/mol. The molecule has 108 valence electrons. The highest BCUT2D eigenvalue weighted by molar-refractivity contribution is 5.50. The van der Waals surface area contributed by atoms with Crippen LogP contribution in [0.1, 0.15) is 36.7 Å². The van der Waals surface area contributed by atoms with Gasteiger partial charge in [0.2, 0.25) is 0 Å². The highest BCUT2D eigenvalue weighted by atomic mass is 15.3. The zero-order valence-electron chi connectivity index (χ0n) is 12.9. The molecule has 0 aliphatic heterocycles. The van der Waals surface area contributed by atoms with Gasteiger partial charge in [-0.15, -0.1) is 0 Å². The molecule has 5 nitrogen and oxygen atoms in total. The second kappa shape index (κ2) is 6.13. The van der Waals surface area contributed by atoms with Crippen LogP contribution in [0.4, 0.5) is 0 Å². The number of aromatic nitrogens is 4. The van der Waals surface area contributed by atoms with E-state index < -0.39 is 0 Å². The molecule has 0 saturated heterocycles. The summed E-state index contributed by atoms with van der Waals surface area (Å²) in [5.41, 5.74) is 4.15. The number of rotatable bonds is 5. The molecule has 0 radical (unpaired) electrons. The second-order valence-electron chi connectivity index (χ2n) is 5.22. The van der Waals surface area contributed by atoms with E-state index in [1.165, 1.54) is 5.56 Å². The fourth-order valence-electron chi connectivity index (χ4n) is 2.55. The highest BCUT2D eigenvalue weighted by Crippen LogP contribution is 2.23. The van der Waals surface area contributed by atoms with Crippen LogP contribution >= 0.6 is 0 Å². The minimum Gasteiger partial charge on any atom is -0.316 e. The molecule has 2 rings (SSSR count). The Morgan fingerprint density at radius 2 is 1.90 bits per heavy atom. The molecule has 0 amide bonds. The maximum absolute atomic E-state index is 4.63. The lowest BCUT2D eigenvalue weighted by Gasteiger charge is -2.17. The van der Waals surface area contributed by atoms with E-state index in [4.69, 9.17) is 0 Å². The van der Waals surface area contributed by atoms with Crippen LogP contribution in [0.25, 0.3) is 11.5 Å². The molecule has 0 aromatic carbocycles. The van der Waals surface area contributed by atoms with Crippen molar-refractivity contribution >= 4 is 0 Å². The zero-order valence-corrected chi connectivity index (χ0v) is 12.9. The average molecular weight is 273 g/mol. The minimum absolute atomic E-state index is 0.410. The van der Waals surface area contributed by atoms with Gasteiger partial charge in [-0.25, -0.2) is 9.97 Å². The van der Waals surface area contributed by atoms with Crippen LogP contribution in [-0.4, -0.2) is 32.8 Å². The van der Waals surface area contributed by atoms with Crippen molar-refractivity contribution in [1.82, 2.24) is 25.1 Å². The van der Waals surface area contributed by atoms with E-state index in [0.717, 1.165) is 30.2 Å². The van der Waals surface area contributed by atoms with Crippen LogP contribution < -0.4 is 5.32 Å². The van der Waals surface area contributed by atoms with Crippen molar-refractivity contribution in [3.05, 3.63) is 29.2 Å². The smallest absolute Gasteiger partial charge is 0.180 e. The van der Waals surface area contributed by atoms with Crippen molar-refractivity contribution in [2.75, 3.05) is 13.1 Å². The molecule has 0 bridgehead atoms. The van der Waals surface area contributed by atoms with Gasteiger partial charge in [0, 0.05) is 31.2 Å². The van der Waals surface area contributed by atoms with Crippen molar-refractivity contribution in [3.63, 3.8) is 0 Å². The molecule has 1 atom stereocenters. The molecular weight excluding hydrogens is 250 g/mol. The van der Waals surface area contributed by atoms with Gasteiger partial charge in [0.1, 0.15) is 5.69 Å². The van der Waals surface area contributed by atoms with E-state index in [1.54, 1.807) is 4.68 Å². The van der Waals surface area contributed by atoms with Gasteiger partial charge in [0.05, 0.1) is 0 Å². The normalized spacial score (nSPS) is 12.7. The van der Waals surface area contributed by atoms with E-state index >= 15 is 0 Å². The third-order valence-corrected chi connectivity index (χ3v) is 3.46. The molecular formula is C15H23N5. The van der Waals surface area contributed by atoms with Gasteiger partial charge < -0.3 is 5.32 Å². The Hall–Kier alpha value is -1.75. The Morgan fingerprint density at radius 1 is 1.25 bits per heavy atom. The topological polar surface area (TPSA) is 55.6 Å². The first-order valence-corrected chi connectivity index (χ1v) is 7.08. The van der Waals surface area contributed by atoms with E-state index in [9.17, 15) is 0 Å². The molecule has 5 heteroatoms. The second-order valence-corrected chi connectivity index (χ2v) is 5.22. The van der Waals surface area contributed by atoms with E-state index in [2.05, 4.69) is 48.1 Å². The quantitative estimate of drug-likeness (QED) is 0.907. The summed E-state index contributed by atoms with van der Waals surface area (Å²) >= 11 is 0. The van der Waals surface area contributed by atoms with Gasteiger partial charge in [0.15, 0.2) is 5.82 Å². The summed E-state index contributed by atoms with van der Waals surface area (Å²) in [4.78, 5) is 9.26. The van der Waals surface area contributed by atoms with Gasteiger partial charge in [-0.05, 0) is 37.9 Å². The van der Waals surface area contributed by atoms with Gasteiger partial charge in [-0.1, -0.05) is 13.8 Å². The Kier molecular flexibility index (Phi) is 4.49. The van der Waals surface area contributed by atoms with E-state index in [-0.39, 0.29) is 0 Å². The molecule has 0 saturated carbocycles. The maximum atomic E-state index is 4.63. The van der Waals surface area contributed by atoms with Crippen LogP contribution in [0, 0.1) is 13.8 Å². The molecule has 2 heterocycles. The fraction of sp³-hybridized carbons (Fsp3) is 0.533. The lowest BCUT2D eigenvalue weighted by molar-refractivity contribution is 0.624. The van der Waals surface area contributed by atoms with Crippen LogP contribution in [0.15, 0.2) is 12.3 Å². The van der Waals surface area contributed by atoms with E-state index in [1.807, 2.05) is 19.3 Å². The summed E-state index contributed by atoms with van der Waals surface area (Å²) in [6, 6.07) is 1.94. The van der Waals surface area contributed by atoms with Gasteiger partial charge in [-0.2, -0.15) is 5.10 Å². The Bertz CT molecular complexity index is 565. The lowest BCUT2D eigenvalue weighted by atomic mass is 9.98. The van der Waals surface area contributed by atoms with Crippen molar-refractivity contribution < 1.29 is 0 Å². The van der Waals surface area contributed by atoms with Crippen LogP contribution in [-0.2, 0) is 7.05 Å². The fourth-order valence-corrected chi connectivity index (χ4v) is 2.55. The maximum Gasteiger partial charge on any atom is 0.180 e. The zero-order chi connectivity index (χ0) is 14.7. The first-order chi connectivity index (χ1) is 9.52.